The summed E-state index contributed by atoms with van der Waals surface area (Å²) in [6, 6.07) is 35.8. The maximum atomic E-state index is 8.05. The standard InChI is InChI=1S/C52H48O4/c1-41(2)45-25-27-47(53-45,35-19-11-9-17-33(35)45)42(3,4)49-29-31-51(55-49,39-23-15-13-21-37(39)49)44(7,8)52-32-30-50(56-52,38-22-14-16-24-40(38)52)43(5,6)48-28-26-46(41,54-48)34-18-10-12-20-36(34)48/h9-32H,1-8H3/t45-,46-,47-,48+,49+,50-,51-,52+/m1/s1. The van der Waals surface area contributed by atoms with Gasteiger partial charge in [-0.05, 0) is 93.1 Å². The number of hydrogen-bond acceptors (Lipinski definition) is 4. The smallest absolute Gasteiger partial charge is 0.122 e. The van der Waals surface area contributed by atoms with Crippen molar-refractivity contribution in [1.29, 1.82) is 0 Å². The molecule has 8 bridgehead atoms. The van der Waals surface area contributed by atoms with Gasteiger partial charge in [-0.1, -0.05) is 152 Å². The fourth-order valence-corrected chi connectivity index (χ4v) is 14.4. The second kappa shape index (κ2) is 8.73. The molecule has 8 atom stereocenters. The van der Waals surface area contributed by atoms with Gasteiger partial charge in [0.25, 0.3) is 0 Å². The van der Waals surface area contributed by atoms with E-state index < -0.39 is 66.5 Å². The van der Waals surface area contributed by atoms with Crippen molar-refractivity contribution in [3.63, 3.8) is 0 Å². The van der Waals surface area contributed by atoms with Crippen LogP contribution in [0.3, 0.4) is 0 Å². The Kier molecular flexibility index (Phi) is 5.10. The summed E-state index contributed by atoms with van der Waals surface area (Å²) >= 11 is 0. The molecule has 0 aromatic heterocycles. The predicted octanol–water partition coefficient (Wildman–Crippen LogP) is 10.9. The van der Waals surface area contributed by atoms with E-state index in [1.54, 1.807) is 0 Å². The van der Waals surface area contributed by atoms with Crippen molar-refractivity contribution in [3.8, 4) is 0 Å². The van der Waals surface area contributed by atoms with Crippen molar-refractivity contribution in [3.05, 3.63) is 190 Å². The Bertz CT molecular complexity index is 2150. The van der Waals surface area contributed by atoms with Crippen LogP contribution in [0.4, 0.5) is 0 Å². The van der Waals surface area contributed by atoms with E-state index in [9.17, 15) is 0 Å². The maximum Gasteiger partial charge on any atom is 0.122 e. The van der Waals surface area contributed by atoms with Crippen molar-refractivity contribution < 1.29 is 18.9 Å². The molecule has 9 aliphatic heterocycles. The second-order valence-corrected chi connectivity index (χ2v) is 20.3. The SMILES string of the molecule is CC1(C)[C@@]23C=C[C@@](O2)(c2ccccc23)C(C)(C)[C@@]23C=C[C@@](O2)(c2ccccc23)C(C)(C)[C@]23C=C[C@@](O2)(c2ccccc23)C(C)(C)[C@@]23C=C[C@@]1(O2)c1ccccc13. The molecule has 0 spiro atoms. The van der Waals surface area contributed by atoms with E-state index in [4.69, 9.17) is 18.9 Å². The molecule has 280 valence electrons. The van der Waals surface area contributed by atoms with E-state index in [0.29, 0.717) is 0 Å². The van der Waals surface area contributed by atoms with Crippen LogP contribution in [0.2, 0.25) is 0 Å². The van der Waals surface area contributed by atoms with Crippen molar-refractivity contribution in [2.45, 2.75) is 100 Å². The average Bonchev–Trinajstić information content (AvgIpc) is 4.08. The monoisotopic (exact) mass is 736 g/mol. The van der Waals surface area contributed by atoms with Crippen LogP contribution < -0.4 is 0 Å². The van der Waals surface area contributed by atoms with Gasteiger partial charge < -0.3 is 18.9 Å². The Morgan fingerprint density at radius 3 is 0.482 bits per heavy atom. The Morgan fingerprint density at radius 1 is 0.232 bits per heavy atom. The van der Waals surface area contributed by atoms with Crippen LogP contribution in [0.15, 0.2) is 146 Å². The van der Waals surface area contributed by atoms with Crippen LogP contribution >= 0.6 is 0 Å². The Labute approximate surface area is 329 Å². The minimum atomic E-state index is -0.829. The summed E-state index contributed by atoms with van der Waals surface area (Å²) in [7, 11) is 0. The van der Waals surface area contributed by atoms with E-state index in [0.717, 1.165) is 0 Å². The van der Waals surface area contributed by atoms with Gasteiger partial charge >= 0.3 is 0 Å². The number of rotatable bonds is 0. The molecule has 4 heteroatoms. The third kappa shape index (κ3) is 2.63. The highest BCUT2D eigenvalue weighted by atomic mass is 16.6. The first kappa shape index (κ1) is 32.7. The molecule has 4 aromatic rings. The van der Waals surface area contributed by atoms with E-state index in [2.05, 4.69) is 201 Å². The lowest BCUT2D eigenvalue weighted by Gasteiger charge is -2.55. The summed E-state index contributed by atoms with van der Waals surface area (Å²) in [4.78, 5) is 0. The first-order valence-corrected chi connectivity index (χ1v) is 20.6. The fraction of sp³-hybridized carbons (Fsp3) is 0.385. The first-order valence-electron chi connectivity index (χ1n) is 20.6. The second-order valence-electron chi connectivity index (χ2n) is 20.3. The largest absolute Gasteiger partial charge is 0.349 e. The molecule has 0 saturated carbocycles. The van der Waals surface area contributed by atoms with Crippen molar-refractivity contribution in [1.82, 2.24) is 0 Å². The predicted molar refractivity (Wildman–Crippen MR) is 215 cm³/mol. The van der Waals surface area contributed by atoms with E-state index in [-0.39, 0.29) is 0 Å². The van der Waals surface area contributed by atoms with Crippen molar-refractivity contribution in [2.24, 2.45) is 21.7 Å². The summed E-state index contributed by atoms with van der Waals surface area (Å²) in [5.74, 6) is 0. The normalized spacial score (nSPS) is 43.6. The van der Waals surface area contributed by atoms with Gasteiger partial charge in [-0.2, -0.15) is 0 Å². The molecule has 0 unspecified atom stereocenters. The zero-order valence-electron chi connectivity index (χ0n) is 33.5. The lowest BCUT2D eigenvalue weighted by atomic mass is 9.52. The molecule has 9 aliphatic rings. The van der Waals surface area contributed by atoms with Gasteiger partial charge in [-0.3, -0.25) is 0 Å². The van der Waals surface area contributed by atoms with Gasteiger partial charge in [0.1, 0.15) is 44.8 Å². The summed E-state index contributed by atoms with van der Waals surface area (Å²) in [6.45, 7) is 18.9. The molecule has 4 nitrogen and oxygen atoms in total. The molecule has 0 amide bonds. The molecule has 1 saturated heterocycles. The molecule has 13 rings (SSSR count). The maximum absolute atomic E-state index is 8.05. The lowest BCUT2D eigenvalue weighted by Crippen LogP contribution is -2.58. The molecule has 0 aliphatic carbocycles. The molecule has 56 heavy (non-hydrogen) atoms. The molecule has 9 heterocycles. The van der Waals surface area contributed by atoms with Gasteiger partial charge in [0.2, 0.25) is 0 Å². The number of ether oxygens (including phenoxy) is 4. The Balaban J connectivity index is 1.17. The van der Waals surface area contributed by atoms with Crippen LogP contribution in [0.1, 0.15) is 99.9 Å². The highest BCUT2D eigenvalue weighted by Gasteiger charge is 2.83. The van der Waals surface area contributed by atoms with E-state index >= 15 is 0 Å². The highest BCUT2D eigenvalue weighted by Crippen LogP contribution is 2.81. The van der Waals surface area contributed by atoms with Gasteiger partial charge in [0.05, 0.1) is 0 Å². The van der Waals surface area contributed by atoms with Crippen molar-refractivity contribution in [2.75, 3.05) is 0 Å². The number of hydrogen-bond donors (Lipinski definition) is 0. The van der Waals surface area contributed by atoms with E-state index in [1.165, 1.54) is 44.5 Å². The van der Waals surface area contributed by atoms with Gasteiger partial charge in [0, 0.05) is 21.7 Å². The zero-order valence-corrected chi connectivity index (χ0v) is 33.5. The molecule has 4 aromatic carbocycles. The van der Waals surface area contributed by atoms with Gasteiger partial charge in [0.15, 0.2) is 0 Å². The van der Waals surface area contributed by atoms with Crippen LogP contribution in [0.5, 0.6) is 0 Å². The quantitative estimate of drug-likeness (QED) is 0.169. The number of fused-ring (bicyclic) bond motifs is 4. The lowest BCUT2D eigenvalue weighted by molar-refractivity contribution is -0.300. The minimum absolute atomic E-state index is 0.635. The summed E-state index contributed by atoms with van der Waals surface area (Å²) in [6.07, 6.45) is 19.0. The van der Waals surface area contributed by atoms with Crippen molar-refractivity contribution >= 4 is 0 Å². The van der Waals surface area contributed by atoms with Crippen LogP contribution in [-0.4, -0.2) is 0 Å². The summed E-state index contributed by atoms with van der Waals surface area (Å²) in [5.41, 5.74) is 0.417. The van der Waals surface area contributed by atoms with Gasteiger partial charge in [-0.15, -0.1) is 0 Å². The average molecular weight is 737 g/mol. The highest BCUT2D eigenvalue weighted by molar-refractivity contribution is 5.66. The Morgan fingerprint density at radius 2 is 0.357 bits per heavy atom. The molecular formula is C52H48O4. The molecule has 0 N–H and O–H groups in total. The summed E-state index contributed by atoms with van der Waals surface area (Å²) in [5, 5.41) is 0. The third-order valence-electron chi connectivity index (χ3n) is 17.8. The topological polar surface area (TPSA) is 36.9 Å². The molecule has 1 fully saturated rings. The number of benzene rings is 4. The fourth-order valence-electron chi connectivity index (χ4n) is 14.4. The van der Waals surface area contributed by atoms with Crippen LogP contribution in [-0.2, 0) is 63.8 Å². The Hall–Kier alpha value is -4.32. The van der Waals surface area contributed by atoms with Crippen LogP contribution in [0.25, 0.3) is 0 Å². The third-order valence-corrected chi connectivity index (χ3v) is 17.8. The summed E-state index contributed by atoms with van der Waals surface area (Å²) < 4.78 is 32.2. The van der Waals surface area contributed by atoms with Crippen LogP contribution in [0, 0.1) is 21.7 Å². The van der Waals surface area contributed by atoms with Gasteiger partial charge in [-0.25, -0.2) is 0 Å². The zero-order chi connectivity index (χ0) is 38.4. The van der Waals surface area contributed by atoms with E-state index in [1.807, 2.05) is 0 Å². The molecule has 0 radical (unpaired) electrons. The molecular weight excluding hydrogens is 689 g/mol. The first-order chi connectivity index (χ1) is 26.6. The minimum Gasteiger partial charge on any atom is -0.349 e.